The first-order valence-corrected chi connectivity index (χ1v) is 4.88. The van der Waals surface area contributed by atoms with Crippen LogP contribution in [0, 0.1) is 6.10 Å². The topological polar surface area (TPSA) is 36.9 Å². The van der Waals surface area contributed by atoms with Gasteiger partial charge in [0.15, 0.2) is 0 Å². The van der Waals surface area contributed by atoms with Crippen LogP contribution in [0.3, 0.4) is 0 Å². The molecule has 71 valence electrons. The molecular weight excluding hydrogens is 253 g/mol. The number of rotatable bonds is 5. The second-order valence-corrected chi connectivity index (χ2v) is 4.55. The molecule has 0 atom stereocenters. The van der Waals surface area contributed by atoms with Crippen LogP contribution in [-0.2, 0) is 50.4 Å². The van der Waals surface area contributed by atoms with Crippen molar-refractivity contribution in [2.45, 2.75) is 13.8 Å². The maximum absolute atomic E-state index is 5.27. The van der Waals surface area contributed by atoms with Gasteiger partial charge < -0.3 is 17.7 Å². The van der Waals surface area contributed by atoms with Crippen molar-refractivity contribution in [2.75, 3.05) is 21.3 Å². The van der Waals surface area contributed by atoms with Crippen LogP contribution in [0.1, 0.15) is 13.8 Å². The molecule has 0 aliphatic rings. The van der Waals surface area contributed by atoms with Crippen molar-refractivity contribution in [3.05, 3.63) is 6.10 Å². The van der Waals surface area contributed by atoms with Gasteiger partial charge in [-0.25, -0.2) is 6.10 Å². The van der Waals surface area contributed by atoms with Gasteiger partial charge in [0.2, 0.25) is 0 Å². The zero-order valence-corrected chi connectivity index (χ0v) is 12.0. The summed E-state index contributed by atoms with van der Waals surface area (Å²) in [6.45, 7) is 3.64. The normalized spacial score (nSPS) is 11.5. The third kappa shape index (κ3) is 5.01. The Morgan fingerprint density at radius 2 is 1.25 bits per heavy atom. The molecule has 6 heteroatoms. The third-order valence-electron chi connectivity index (χ3n) is 1.08. The molecule has 0 saturated carbocycles. The molecule has 12 heavy (non-hydrogen) atoms. The molecular formula is C6H15O4SiY-. The smallest absolute Gasteiger partial charge is 0.527 e. The van der Waals surface area contributed by atoms with Gasteiger partial charge in [0, 0.05) is 54.0 Å². The second kappa shape index (κ2) is 7.55. The zero-order chi connectivity index (χ0) is 8.91. The van der Waals surface area contributed by atoms with E-state index in [4.69, 9.17) is 17.7 Å². The molecule has 0 amide bonds. The van der Waals surface area contributed by atoms with Crippen LogP contribution in [0.4, 0.5) is 0 Å². The molecule has 1 radical (unpaired) electrons. The largest absolute Gasteiger partial charge is 0.646 e. The molecule has 0 saturated heterocycles. The summed E-state index contributed by atoms with van der Waals surface area (Å²) in [5, 5.41) is 0. The van der Waals surface area contributed by atoms with Gasteiger partial charge in [-0.1, -0.05) is 0 Å². The predicted molar refractivity (Wildman–Crippen MR) is 42.5 cm³/mol. The van der Waals surface area contributed by atoms with E-state index in [1.54, 1.807) is 0 Å². The summed E-state index contributed by atoms with van der Waals surface area (Å²) >= 11 is 0. The SMILES string of the molecule is CO[Si](OC)(OC)O[C-](C)C.[Y]. The molecule has 0 aromatic carbocycles. The molecule has 0 N–H and O–H groups in total. The molecule has 0 aromatic heterocycles. The maximum Gasteiger partial charge on any atom is 0.646 e. The predicted octanol–water partition coefficient (Wildman–Crippen LogP) is 0.947. The summed E-state index contributed by atoms with van der Waals surface area (Å²) < 4.78 is 20.3. The van der Waals surface area contributed by atoms with Crippen LogP contribution >= 0.6 is 0 Å². The van der Waals surface area contributed by atoms with E-state index >= 15 is 0 Å². The number of hydrogen-bond donors (Lipinski definition) is 0. The van der Waals surface area contributed by atoms with Crippen LogP contribution < -0.4 is 0 Å². The van der Waals surface area contributed by atoms with Crippen molar-refractivity contribution >= 4 is 9.05 Å². The first kappa shape index (κ1) is 15.6. The first-order chi connectivity index (χ1) is 5.10. The van der Waals surface area contributed by atoms with Gasteiger partial charge in [0.05, 0.1) is 0 Å². The average molecular weight is 268 g/mol. The minimum Gasteiger partial charge on any atom is -0.527 e. The van der Waals surface area contributed by atoms with Gasteiger partial charge >= 0.3 is 9.05 Å². The van der Waals surface area contributed by atoms with Crippen LogP contribution in [0.2, 0.25) is 0 Å². The van der Waals surface area contributed by atoms with Crippen molar-refractivity contribution in [1.29, 1.82) is 0 Å². The Balaban J connectivity index is 0. The van der Waals surface area contributed by atoms with Crippen molar-refractivity contribution in [2.24, 2.45) is 0 Å². The van der Waals surface area contributed by atoms with Crippen LogP contribution in [0.25, 0.3) is 0 Å². The molecule has 0 aromatic rings. The Bertz CT molecular complexity index is 99.5. The Labute approximate surface area is 100 Å². The molecule has 0 heterocycles. The van der Waals surface area contributed by atoms with Gasteiger partial charge in [0.25, 0.3) is 0 Å². The molecule has 0 bridgehead atoms. The minimum atomic E-state index is -2.82. The van der Waals surface area contributed by atoms with E-state index in [1.807, 2.05) is 13.8 Å². The second-order valence-electron chi connectivity index (χ2n) is 2.12. The van der Waals surface area contributed by atoms with E-state index in [2.05, 4.69) is 0 Å². The Morgan fingerprint density at radius 3 is 1.33 bits per heavy atom. The van der Waals surface area contributed by atoms with E-state index in [-0.39, 0.29) is 32.7 Å². The van der Waals surface area contributed by atoms with Crippen LogP contribution in [0.5, 0.6) is 0 Å². The summed E-state index contributed by atoms with van der Waals surface area (Å²) in [7, 11) is 1.69. The van der Waals surface area contributed by atoms with Gasteiger partial charge in [-0.15, -0.1) is 0 Å². The van der Waals surface area contributed by atoms with Gasteiger partial charge in [-0.05, 0) is 0 Å². The average Bonchev–Trinajstić information content (AvgIpc) is 2.00. The molecule has 0 aliphatic heterocycles. The van der Waals surface area contributed by atoms with E-state index < -0.39 is 9.05 Å². The van der Waals surface area contributed by atoms with Crippen molar-refractivity contribution in [3.63, 3.8) is 0 Å². The fourth-order valence-corrected chi connectivity index (χ4v) is 1.88. The Kier molecular flexibility index (Phi) is 9.84. The van der Waals surface area contributed by atoms with Crippen LogP contribution in [0.15, 0.2) is 0 Å². The van der Waals surface area contributed by atoms with Crippen molar-refractivity contribution in [3.8, 4) is 0 Å². The fourth-order valence-electron chi connectivity index (χ4n) is 0.625. The summed E-state index contributed by atoms with van der Waals surface area (Å²) in [5.41, 5.74) is 0. The minimum absolute atomic E-state index is 0. The maximum atomic E-state index is 5.27. The molecule has 4 nitrogen and oxygen atoms in total. The third-order valence-corrected chi connectivity index (χ3v) is 3.24. The first-order valence-electron chi connectivity index (χ1n) is 3.25. The Morgan fingerprint density at radius 1 is 0.917 bits per heavy atom. The van der Waals surface area contributed by atoms with E-state index in [0.29, 0.717) is 0 Å². The summed E-state index contributed by atoms with van der Waals surface area (Å²) in [5.74, 6) is 0. The summed E-state index contributed by atoms with van der Waals surface area (Å²) in [4.78, 5) is 0. The van der Waals surface area contributed by atoms with E-state index in [1.165, 1.54) is 21.3 Å². The molecule has 0 unspecified atom stereocenters. The fraction of sp³-hybridized carbons (Fsp3) is 0.833. The molecule has 0 spiro atoms. The van der Waals surface area contributed by atoms with Crippen molar-refractivity contribution in [1.82, 2.24) is 0 Å². The van der Waals surface area contributed by atoms with Gasteiger partial charge in [-0.3, -0.25) is 0 Å². The van der Waals surface area contributed by atoms with Gasteiger partial charge in [-0.2, -0.15) is 13.8 Å². The molecule has 0 aliphatic carbocycles. The van der Waals surface area contributed by atoms with Gasteiger partial charge in [0.1, 0.15) is 0 Å². The molecule has 0 rings (SSSR count). The van der Waals surface area contributed by atoms with E-state index in [9.17, 15) is 0 Å². The summed E-state index contributed by atoms with van der Waals surface area (Å²) in [6, 6.07) is 0. The van der Waals surface area contributed by atoms with Crippen LogP contribution in [-0.4, -0.2) is 30.4 Å². The number of hydrogen-bond acceptors (Lipinski definition) is 4. The molecule has 0 fully saturated rings. The zero-order valence-electron chi connectivity index (χ0n) is 8.21. The van der Waals surface area contributed by atoms with Crippen molar-refractivity contribution < 1.29 is 50.4 Å². The van der Waals surface area contributed by atoms with E-state index in [0.717, 1.165) is 6.10 Å². The monoisotopic (exact) mass is 268 g/mol. The summed E-state index contributed by atoms with van der Waals surface area (Å²) in [6.07, 6.45) is 0.766. The quantitative estimate of drug-likeness (QED) is 0.549. The standard InChI is InChI=1S/C6H15O4Si.Y/c1-6(2)10-11(7-3,8-4)9-5;/h1-5H3;/q-1;. The Hall–Kier alpha value is 1.16.